The van der Waals surface area contributed by atoms with E-state index in [1.54, 1.807) is 20.3 Å². The highest BCUT2D eigenvalue weighted by atomic mass is 16.5. The minimum atomic E-state index is -0.184. The van der Waals surface area contributed by atoms with Gasteiger partial charge >= 0.3 is 0 Å². The van der Waals surface area contributed by atoms with Crippen molar-refractivity contribution in [1.82, 2.24) is 15.3 Å². The highest BCUT2D eigenvalue weighted by Crippen LogP contribution is 2.22. The Balaban J connectivity index is 1.55. The van der Waals surface area contributed by atoms with E-state index in [4.69, 9.17) is 9.47 Å². The van der Waals surface area contributed by atoms with Gasteiger partial charge in [-0.15, -0.1) is 0 Å². The number of methoxy groups -OCH3 is 2. The molecule has 0 bridgehead atoms. The van der Waals surface area contributed by atoms with Gasteiger partial charge in [0.25, 0.3) is 5.91 Å². The zero-order valence-electron chi connectivity index (χ0n) is 16.4. The summed E-state index contributed by atoms with van der Waals surface area (Å²) in [6.45, 7) is 4.61. The molecule has 0 atom stereocenters. The maximum absolute atomic E-state index is 12.3. The van der Waals surface area contributed by atoms with Crippen molar-refractivity contribution in [3.63, 3.8) is 0 Å². The van der Waals surface area contributed by atoms with Crippen molar-refractivity contribution >= 4 is 17.4 Å². The number of rotatable bonds is 8. The average Bonchev–Trinajstić information content (AvgIpc) is 2.77. The number of nitrogens with one attached hydrogen (secondary N) is 1. The van der Waals surface area contributed by atoms with Crippen molar-refractivity contribution in [3.8, 4) is 5.75 Å². The van der Waals surface area contributed by atoms with E-state index >= 15 is 0 Å². The van der Waals surface area contributed by atoms with Crippen LogP contribution in [0.1, 0.15) is 16.9 Å². The summed E-state index contributed by atoms with van der Waals surface area (Å²) in [5.41, 5.74) is 1.57. The predicted octanol–water partition coefficient (Wildman–Crippen LogP) is 1.58. The van der Waals surface area contributed by atoms with Gasteiger partial charge in [-0.1, -0.05) is 0 Å². The van der Waals surface area contributed by atoms with Gasteiger partial charge in [0, 0.05) is 58.2 Å². The summed E-state index contributed by atoms with van der Waals surface area (Å²) in [4.78, 5) is 25.2. The van der Waals surface area contributed by atoms with E-state index in [-0.39, 0.29) is 5.91 Å². The Bertz CT molecular complexity index is 761. The molecule has 1 saturated heterocycles. The number of carbonyl (C=O) groups is 1. The lowest BCUT2D eigenvalue weighted by atomic mass is 10.2. The third-order valence-electron chi connectivity index (χ3n) is 4.74. The molecule has 1 fully saturated rings. The summed E-state index contributed by atoms with van der Waals surface area (Å²) < 4.78 is 10.2. The number of nitrogens with zero attached hydrogens (tertiary/aromatic N) is 4. The standard InChI is InChI=1S/C20H27N5O3/c1-27-13-3-8-21-20(26)18-14-19(23-15-22-18)25-11-9-24(10-12-25)16-4-6-17(28-2)7-5-16/h4-7,14-15H,3,8-13H2,1-2H3,(H,21,26). The molecule has 2 heterocycles. The first-order valence-electron chi connectivity index (χ1n) is 9.44. The van der Waals surface area contributed by atoms with Gasteiger partial charge in [0.05, 0.1) is 7.11 Å². The molecule has 0 spiro atoms. The second kappa shape index (κ2) is 9.89. The Morgan fingerprint density at radius 3 is 2.46 bits per heavy atom. The van der Waals surface area contributed by atoms with Crippen LogP contribution in [0.2, 0.25) is 0 Å². The van der Waals surface area contributed by atoms with Gasteiger partial charge in [0.2, 0.25) is 0 Å². The Hall–Kier alpha value is -2.87. The molecule has 0 unspecified atom stereocenters. The number of ether oxygens (including phenoxy) is 2. The molecule has 1 N–H and O–H groups in total. The first-order chi connectivity index (χ1) is 13.7. The van der Waals surface area contributed by atoms with Crippen LogP contribution in [0.4, 0.5) is 11.5 Å². The second-order valence-corrected chi connectivity index (χ2v) is 6.54. The third-order valence-corrected chi connectivity index (χ3v) is 4.74. The summed E-state index contributed by atoms with van der Waals surface area (Å²) in [5.74, 6) is 1.46. The number of aromatic nitrogens is 2. The number of hydrogen-bond donors (Lipinski definition) is 1. The van der Waals surface area contributed by atoms with Gasteiger partial charge in [-0.3, -0.25) is 4.79 Å². The zero-order valence-corrected chi connectivity index (χ0v) is 16.4. The largest absolute Gasteiger partial charge is 0.497 e. The molecule has 8 nitrogen and oxygen atoms in total. The molecule has 0 radical (unpaired) electrons. The van der Waals surface area contributed by atoms with E-state index < -0.39 is 0 Å². The Morgan fingerprint density at radius 1 is 1.07 bits per heavy atom. The highest BCUT2D eigenvalue weighted by Gasteiger charge is 2.19. The smallest absolute Gasteiger partial charge is 0.270 e. The highest BCUT2D eigenvalue weighted by molar-refractivity contribution is 5.92. The normalized spacial score (nSPS) is 14.1. The van der Waals surface area contributed by atoms with Gasteiger partial charge in [0.1, 0.15) is 23.6 Å². The lowest BCUT2D eigenvalue weighted by Crippen LogP contribution is -2.47. The molecule has 150 valence electrons. The van der Waals surface area contributed by atoms with Gasteiger partial charge in [0.15, 0.2) is 0 Å². The van der Waals surface area contributed by atoms with Crippen molar-refractivity contribution in [1.29, 1.82) is 0 Å². The SMILES string of the molecule is COCCCNC(=O)c1cc(N2CCN(c3ccc(OC)cc3)CC2)ncn1. The van der Waals surface area contributed by atoms with Crippen LogP contribution in [0.5, 0.6) is 5.75 Å². The molecule has 8 heteroatoms. The third kappa shape index (κ3) is 5.10. The maximum atomic E-state index is 12.3. The maximum Gasteiger partial charge on any atom is 0.270 e. The Morgan fingerprint density at radius 2 is 1.79 bits per heavy atom. The number of anilines is 2. The van der Waals surface area contributed by atoms with E-state index in [9.17, 15) is 4.79 Å². The van der Waals surface area contributed by atoms with E-state index in [0.29, 0.717) is 18.8 Å². The average molecular weight is 385 g/mol. The fraction of sp³-hybridized carbons (Fsp3) is 0.450. The zero-order chi connectivity index (χ0) is 19.8. The van der Waals surface area contributed by atoms with Crippen molar-refractivity contribution < 1.29 is 14.3 Å². The molecule has 3 rings (SSSR count). The lowest BCUT2D eigenvalue weighted by molar-refractivity contribution is 0.0943. The van der Waals surface area contributed by atoms with E-state index in [0.717, 1.165) is 44.2 Å². The fourth-order valence-corrected chi connectivity index (χ4v) is 3.14. The molecule has 1 amide bonds. The monoisotopic (exact) mass is 385 g/mol. The topological polar surface area (TPSA) is 79.8 Å². The van der Waals surface area contributed by atoms with Crippen molar-refractivity contribution in [3.05, 3.63) is 42.4 Å². The molecule has 2 aromatic rings. The first kappa shape index (κ1) is 19.9. The van der Waals surface area contributed by atoms with Crippen LogP contribution in [0.3, 0.4) is 0 Å². The minimum Gasteiger partial charge on any atom is -0.497 e. The van der Waals surface area contributed by atoms with Crippen LogP contribution in [0.15, 0.2) is 36.7 Å². The molecule has 0 aliphatic carbocycles. The molecule has 0 saturated carbocycles. The van der Waals surface area contributed by atoms with E-state index in [1.165, 1.54) is 12.0 Å². The fourth-order valence-electron chi connectivity index (χ4n) is 3.14. The molecule has 1 aromatic heterocycles. The van der Waals surface area contributed by atoms with Crippen molar-refractivity contribution in [2.24, 2.45) is 0 Å². The van der Waals surface area contributed by atoms with Gasteiger partial charge in [-0.2, -0.15) is 0 Å². The molecule has 1 aliphatic heterocycles. The van der Waals surface area contributed by atoms with E-state index in [1.807, 2.05) is 12.1 Å². The number of piperazine rings is 1. The summed E-state index contributed by atoms with van der Waals surface area (Å²) in [6, 6.07) is 9.86. The summed E-state index contributed by atoms with van der Waals surface area (Å²) in [5, 5.41) is 2.86. The lowest BCUT2D eigenvalue weighted by Gasteiger charge is -2.36. The summed E-state index contributed by atoms with van der Waals surface area (Å²) in [7, 11) is 3.32. The van der Waals surface area contributed by atoms with Crippen molar-refractivity contribution in [2.75, 3.05) is 63.4 Å². The molecule has 1 aromatic carbocycles. The second-order valence-electron chi connectivity index (χ2n) is 6.54. The minimum absolute atomic E-state index is 0.184. The van der Waals surface area contributed by atoms with Gasteiger partial charge in [-0.25, -0.2) is 9.97 Å². The van der Waals surface area contributed by atoms with Gasteiger partial charge in [-0.05, 0) is 30.7 Å². The predicted molar refractivity (Wildman–Crippen MR) is 108 cm³/mol. The number of hydrogen-bond acceptors (Lipinski definition) is 7. The Kier molecular flexibility index (Phi) is 7.02. The van der Waals surface area contributed by atoms with Crippen LogP contribution < -0.4 is 19.9 Å². The molecule has 28 heavy (non-hydrogen) atoms. The molecular formula is C20H27N5O3. The summed E-state index contributed by atoms with van der Waals surface area (Å²) in [6.07, 6.45) is 2.22. The van der Waals surface area contributed by atoms with Crippen LogP contribution in [0, 0.1) is 0 Å². The van der Waals surface area contributed by atoms with E-state index in [2.05, 4.69) is 37.2 Å². The first-order valence-corrected chi connectivity index (χ1v) is 9.44. The quantitative estimate of drug-likeness (QED) is 0.691. The van der Waals surface area contributed by atoms with Crippen LogP contribution in [0.25, 0.3) is 0 Å². The summed E-state index contributed by atoms with van der Waals surface area (Å²) >= 11 is 0. The Labute approximate surface area is 165 Å². The van der Waals surface area contributed by atoms with Crippen molar-refractivity contribution in [2.45, 2.75) is 6.42 Å². The molecule has 1 aliphatic rings. The number of carbonyl (C=O) groups excluding carboxylic acids is 1. The van der Waals surface area contributed by atoms with Gasteiger partial charge < -0.3 is 24.6 Å². The van der Waals surface area contributed by atoms with Crippen LogP contribution in [-0.4, -0.2) is 69.4 Å². The number of amides is 1. The van der Waals surface area contributed by atoms with Crippen LogP contribution in [-0.2, 0) is 4.74 Å². The molecular weight excluding hydrogens is 358 g/mol. The number of benzene rings is 1. The van der Waals surface area contributed by atoms with Crippen LogP contribution >= 0.6 is 0 Å².